The quantitative estimate of drug-likeness (QED) is 0.162. The molecule has 4 N–H and O–H groups in total. The summed E-state index contributed by atoms with van der Waals surface area (Å²) in [5, 5.41) is 10.7. The Hall–Kier alpha value is -6.16. The van der Waals surface area contributed by atoms with Crippen LogP contribution >= 0.6 is 0 Å². The van der Waals surface area contributed by atoms with Gasteiger partial charge in [-0.15, -0.1) is 0 Å². The number of hydrogen-bond donors (Lipinski definition) is 4. The number of carbonyl (C=O) groups excluding carboxylic acids is 4. The van der Waals surface area contributed by atoms with Crippen LogP contribution in [0.15, 0.2) is 72.9 Å². The molecule has 4 heterocycles. The third-order valence-corrected chi connectivity index (χ3v) is 10.1. The average Bonchev–Trinajstić information content (AvgIpc) is 3.51. The maximum atomic E-state index is 14.0. The first-order valence-electron chi connectivity index (χ1n) is 17.8. The lowest BCUT2D eigenvalue weighted by atomic mass is 10.0. The first-order chi connectivity index (χ1) is 26.4. The number of amides is 4. The Labute approximate surface area is 314 Å². The lowest BCUT2D eigenvalue weighted by Crippen LogP contribution is -2.52. The van der Waals surface area contributed by atoms with Crippen molar-refractivity contribution in [2.45, 2.75) is 38.1 Å². The minimum absolute atomic E-state index is 0.127. The zero-order valence-corrected chi connectivity index (χ0v) is 30.1. The summed E-state index contributed by atoms with van der Waals surface area (Å²) >= 11 is 0. The van der Waals surface area contributed by atoms with Crippen molar-refractivity contribution in [3.8, 4) is 5.75 Å². The van der Waals surface area contributed by atoms with Crippen LogP contribution in [0.25, 0.3) is 0 Å². The SMILES string of the molecule is CNC(=O)c1ccccc1Nc1cc(Nc2ccc(N3CCN(Cc4cccc5c4CN(C4CCC(=O)NC4=O)C5=O)CC3)cc2OC)ncc1C(F)(F)F. The number of anilines is 5. The molecular weight excluding hydrogens is 717 g/mol. The standard InChI is InChI=1S/C39H39F3N8O5/c1-43-36(52)26-7-3-4-9-29(26)45-31-19-34(44-20-28(31)39(40,41)42)46-30-11-10-24(18-33(30)55-2)49-16-14-48(15-17-49)21-23-6-5-8-25-27(23)22-50(38(25)54)32-12-13-35(51)47-37(32)53/h3-11,18-20,32H,12-17,21-22H2,1-2H3,(H,43,52)(H2,44,45,46)(H,47,51,53). The molecule has 2 saturated heterocycles. The van der Waals surface area contributed by atoms with Gasteiger partial charge in [-0.05, 0) is 47.9 Å². The van der Waals surface area contributed by atoms with Gasteiger partial charge < -0.3 is 30.5 Å². The Bertz CT molecular complexity index is 2150. The van der Waals surface area contributed by atoms with Gasteiger partial charge in [0, 0.05) is 82.3 Å². The predicted octanol–water partition coefficient (Wildman–Crippen LogP) is 5.04. The molecular formula is C39H39F3N8O5. The molecule has 3 aliphatic heterocycles. The zero-order valence-electron chi connectivity index (χ0n) is 30.1. The van der Waals surface area contributed by atoms with E-state index in [0.29, 0.717) is 49.6 Å². The monoisotopic (exact) mass is 756 g/mol. The second kappa shape index (κ2) is 15.3. The van der Waals surface area contributed by atoms with Gasteiger partial charge >= 0.3 is 6.18 Å². The van der Waals surface area contributed by atoms with E-state index in [-0.39, 0.29) is 41.0 Å². The Morgan fingerprint density at radius 2 is 1.73 bits per heavy atom. The van der Waals surface area contributed by atoms with Gasteiger partial charge in [0.15, 0.2) is 0 Å². The summed E-state index contributed by atoms with van der Waals surface area (Å²) in [5.41, 5.74) is 3.02. The number of benzene rings is 3. The van der Waals surface area contributed by atoms with E-state index >= 15 is 0 Å². The average molecular weight is 757 g/mol. The minimum atomic E-state index is -4.71. The maximum Gasteiger partial charge on any atom is 0.419 e. The summed E-state index contributed by atoms with van der Waals surface area (Å²) in [5.74, 6) is -0.813. The molecule has 2 fully saturated rings. The van der Waals surface area contributed by atoms with Gasteiger partial charge in [-0.2, -0.15) is 13.2 Å². The summed E-state index contributed by atoms with van der Waals surface area (Å²) in [4.78, 5) is 60.0. The molecule has 7 rings (SSSR count). The summed E-state index contributed by atoms with van der Waals surface area (Å²) in [6.07, 6.45) is -3.46. The number of rotatable bonds is 10. The van der Waals surface area contributed by atoms with Gasteiger partial charge in [0.05, 0.1) is 35.3 Å². The van der Waals surface area contributed by atoms with Crippen LogP contribution in [0.3, 0.4) is 0 Å². The first kappa shape index (κ1) is 37.2. The van der Waals surface area contributed by atoms with Gasteiger partial charge in [-0.3, -0.25) is 29.4 Å². The summed E-state index contributed by atoms with van der Waals surface area (Å²) in [6, 6.07) is 18.1. The Morgan fingerprint density at radius 1 is 0.945 bits per heavy atom. The van der Waals surface area contributed by atoms with E-state index in [2.05, 4.69) is 36.1 Å². The number of aromatic nitrogens is 1. The molecule has 13 nitrogen and oxygen atoms in total. The highest BCUT2D eigenvalue weighted by molar-refractivity contribution is 6.05. The molecule has 3 aromatic carbocycles. The number of alkyl halides is 3. The van der Waals surface area contributed by atoms with Crippen LogP contribution in [0.1, 0.15) is 50.2 Å². The van der Waals surface area contributed by atoms with Crippen molar-refractivity contribution in [2.75, 3.05) is 55.9 Å². The molecule has 4 amide bonds. The molecule has 286 valence electrons. The van der Waals surface area contributed by atoms with Crippen molar-refractivity contribution in [1.82, 2.24) is 25.4 Å². The Kier molecular flexibility index (Phi) is 10.3. The third-order valence-electron chi connectivity index (χ3n) is 10.1. The van der Waals surface area contributed by atoms with E-state index in [1.807, 2.05) is 24.3 Å². The second-order valence-electron chi connectivity index (χ2n) is 13.5. The molecule has 55 heavy (non-hydrogen) atoms. The molecule has 3 aliphatic rings. The van der Waals surface area contributed by atoms with Crippen molar-refractivity contribution < 1.29 is 37.1 Å². The second-order valence-corrected chi connectivity index (χ2v) is 13.5. The third kappa shape index (κ3) is 7.76. The van der Waals surface area contributed by atoms with Gasteiger partial charge in [-0.1, -0.05) is 24.3 Å². The smallest absolute Gasteiger partial charge is 0.419 e. The van der Waals surface area contributed by atoms with Gasteiger partial charge in [-0.25, -0.2) is 4.98 Å². The van der Waals surface area contributed by atoms with Crippen molar-refractivity contribution in [3.63, 3.8) is 0 Å². The molecule has 1 atom stereocenters. The number of hydrogen-bond acceptors (Lipinski definition) is 10. The number of para-hydroxylation sites is 1. The fraction of sp³-hybridized carbons (Fsp3) is 0.308. The van der Waals surface area contributed by atoms with Crippen molar-refractivity contribution in [3.05, 3.63) is 101 Å². The van der Waals surface area contributed by atoms with Gasteiger partial charge in [0.2, 0.25) is 11.8 Å². The number of methoxy groups -OCH3 is 1. The Morgan fingerprint density at radius 3 is 2.45 bits per heavy atom. The van der Waals surface area contributed by atoms with Crippen LogP contribution in [-0.2, 0) is 28.9 Å². The number of ether oxygens (including phenoxy) is 1. The highest BCUT2D eigenvalue weighted by Crippen LogP contribution is 2.39. The molecule has 4 aromatic rings. The molecule has 0 bridgehead atoms. The topological polar surface area (TPSA) is 148 Å². The van der Waals surface area contributed by atoms with E-state index in [1.165, 1.54) is 32.4 Å². The first-order valence-corrected chi connectivity index (χ1v) is 17.8. The molecule has 0 spiro atoms. The zero-order chi connectivity index (χ0) is 38.9. The lowest BCUT2D eigenvalue weighted by Gasteiger charge is -2.36. The van der Waals surface area contributed by atoms with Crippen molar-refractivity contribution >= 4 is 52.2 Å². The normalized spacial score (nSPS) is 17.5. The van der Waals surface area contributed by atoms with E-state index in [4.69, 9.17) is 4.74 Å². The van der Waals surface area contributed by atoms with E-state index in [1.54, 1.807) is 29.2 Å². The minimum Gasteiger partial charge on any atom is -0.494 e. The van der Waals surface area contributed by atoms with E-state index in [0.717, 1.165) is 36.1 Å². The number of piperazine rings is 1. The Balaban J connectivity index is 1.02. The van der Waals surface area contributed by atoms with Crippen LogP contribution in [-0.4, -0.2) is 84.8 Å². The lowest BCUT2D eigenvalue weighted by molar-refractivity contribution is -0.138. The highest BCUT2D eigenvalue weighted by Gasteiger charge is 2.40. The summed E-state index contributed by atoms with van der Waals surface area (Å²) < 4.78 is 47.8. The van der Waals surface area contributed by atoms with Crippen LogP contribution in [0.2, 0.25) is 0 Å². The molecule has 0 radical (unpaired) electrons. The number of piperidine rings is 1. The van der Waals surface area contributed by atoms with Crippen LogP contribution in [0.4, 0.5) is 41.7 Å². The van der Waals surface area contributed by atoms with Gasteiger partial charge in [0.25, 0.3) is 11.8 Å². The predicted molar refractivity (Wildman–Crippen MR) is 199 cm³/mol. The van der Waals surface area contributed by atoms with Crippen molar-refractivity contribution in [1.29, 1.82) is 0 Å². The summed E-state index contributed by atoms with van der Waals surface area (Å²) in [7, 11) is 2.95. The molecule has 0 aliphatic carbocycles. The van der Waals surface area contributed by atoms with Crippen LogP contribution in [0.5, 0.6) is 5.75 Å². The molecule has 16 heteroatoms. The fourth-order valence-electron chi connectivity index (χ4n) is 7.24. The maximum absolute atomic E-state index is 14.0. The van der Waals surface area contributed by atoms with Crippen molar-refractivity contribution in [2.24, 2.45) is 0 Å². The number of carbonyl (C=O) groups is 4. The number of nitrogens with one attached hydrogen (secondary N) is 4. The number of pyridine rings is 1. The number of halogens is 3. The van der Waals surface area contributed by atoms with Crippen LogP contribution in [0, 0.1) is 0 Å². The van der Waals surface area contributed by atoms with E-state index < -0.39 is 29.6 Å². The van der Waals surface area contributed by atoms with Crippen LogP contribution < -0.4 is 30.9 Å². The largest absolute Gasteiger partial charge is 0.494 e. The highest BCUT2D eigenvalue weighted by atomic mass is 19.4. The molecule has 1 aromatic heterocycles. The number of imide groups is 1. The number of fused-ring (bicyclic) bond motifs is 1. The molecule has 0 saturated carbocycles. The summed E-state index contributed by atoms with van der Waals surface area (Å²) in [6.45, 7) is 3.85. The van der Waals surface area contributed by atoms with E-state index in [9.17, 15) is 32.3 Å². The fourth-order valence-corrected chi connectivity index (χ4v) is 7.24. The molecule has 1 unspecified atom stereocenters. The van der Waals surface area contributed by atoms with Gasteiger partial charge in [0.1, 0.15) is 17.6 Å². The number of nitrogens with zero attached hydrogens (tertiary/aromatic N) is 4.